The zero-order valence-corrected chi connectivity index (χ0v) is 17.5. The summed E-state index contributed by atoms with van der Waals surface area (Å²) in [5.74, 6) is 0.592. The van der Waals surface area contributed by atoms with Crippen molar-refractivity contribution >= 4 is 40.3 Å². The normalized spacial score (nSPS) is 11.2. The number of methoxy groups -OCH3 is 1. The van der Waals surface area contributed by atoms with Crippen LogP contribution in [0, 0.1) is 0 Å². The number of pyridine rings is 1. The van der Waals surface area contributed by atoms with Gasteiger partial charge in [0.1, 0.15) is 5.75 Å². The van der Waals surface area contributed by atoms with Crippen LogP contribution in [0.4, 0.5) is 5.69 Å². The molecular formula is C23H17Cl2N3O2. The number of ether oxygens (including phenoxy) is 1. The molecule has 0 aliphatic rings. The summed E-state index contributed by atoms with van der Waals surface area (Å²) >= 11 is 12.2. The highest BCUT2D eigenvalue weighted by atomic mass is 35.5. The van der Waals surface area contributed by atoms with Crippen LogP contribution in [0.25, 0.3) is 16.9 Å². The van der Waals surface area contributed by atoms with E-state index in [1.165, 1.54) is 6.08 Å². The van der Waals surface area contributed by atoms with Crippen LogP contribution in [-0.4, -0.2) is 22.3 Å². The van der Waals surface area contributed by atoms with E-state index in [2.05, 4.69) is 10.3 Å². The molecule has 0 saturated carbocycles. The smallest absolute Gasteiger partial charge is 0.187 e. The fourth-order valence-corrected chi connectivity index (χ4v) is 3.35. The number of carbonyl (C=O) groups is 1. The summed E-state index contributed by atoms with van der Waals surface area (Å²) in [4.78, 5) is 16.8. The molecule has 0 atom stereocenters. The first kappa shape index (κ1) is 20.0. The van der Waals surface area contributed by atoms with E-state index < -0.39 is 0 Å². The largest absolute Gasteiger partial charge is 0.497 e. The summed E-state index contributed by atoms with van der Waals surface area (Å²) in [5.41, 5.74) is 3.85. The zero-order chi connectivity index (χ0) is 21.1. The van der Waals surface area contributed by atoms with Crippen molar-refractivity contribution in [2.75, 3.05) is 12.4 Å². The molecule has 0 fully saturated rings. The molecule has 1 N–H and O–H groups in total. The number of fused-ring (bicyclic) bond motifs is 1. The van der Waals surface area contributed by atoms with Gasteiger partial charge in [-0.2, -0.15) is 0 Å². The molecule has 5 nitrogen and oxygen atoms in total. The average Bonchev–Trinajstić information content (AvgIpc) is 3.20. The first-order valence-corrected chi connectivity index (χ1v) is 9.85. The molecule has 2 heterocycles. The lowest BCUT2D eigenvalue weighted by atomic mass is 10.1. The van der Waals surface area contributed by atoms with Crippen LogP contribution in [0.15, 0.2) is 79.3 Å². The standard InChI is InChI=1S/C23H17Cl2N3O2/c1-30-17-7-4-15(5-8-17)22(29)10-11-26-20-3-2-12-28-21(14-27-23(20)28)16-6-9-18(24)19(25)13-16/h2-14,26H,1H3. The Morgan fingerprint density at radius 3 is 2.63 bits per heavy atom. The summed E-state index contributed by atoms with van der Waals surface area (Å²) in [5, 5.41) is 4.13. The van der Waals surface area contributed by atoms with E-state index in [1.54, 1.807) is 55.9 Å². The molecule has 0 bridgehead atoms. The van der Waals surface area contributed by atoms with E-state index in [4.69, 9.17) is 27.9 Å². The summed E-state index contributed by atoms with van der Waals surface area (Å²) in [6.07, 6.45) is 6.77. The fraction of sp³-hybridized carbons (Fsp3) is 0.0435. The molecule has 0 amide bonds. The number of ketones is 1. The highest BCUT2D eigenvalue weighted by Gasteiger charge is 2.10. The molecule has 0 radical (unpaired) electrons. The molecule has 2 aromatic heterocycles. The third kappa shape index (κ3) is 4.03. The minimum Gasteiger partial charge on any atom is -0.497 e. The van der Waals surface area contributed by atoms with Crippen molar-refractivity contribution < 1.29 is 9.53 Å². The van der Waals surface area contributed by atoms with Crippen molar-refractivity contribution in [3.8, 4) is 17.0 Å². The maximum absolute atomic E-state index is 12.3. The topological polar surface area (TPSA) is 55.6 Å². The van der Waals surface area contributed by atoms with Crippen LogP contribution >= 0.6 is 23.2 Å². The molecule has 0 aliphatic carbocycles. The van der Waals surface area contributed by atoms with Crippen molar-refractivity contribution in [3.05, 3.63) is 94.9 Å². The van der Waals surface area contributed by atoms with Crippen LogP contribution in [0.5, 0.6) is 5.75 Å². The van der Waals surface area contributed by atoms with E-state index in [0.29, 0.717) is 21.4 Å². The Labute approximate surface area is 183 Å². The predicted octanol–water partition coefficient (Wildman–Crippen LogP) is 6.13. The Morgan fingerprint density at radius 2 is 1.90 bits per heavy atom. The maximum Gasteiger partial charge on any atom is 0.187 e. The van der Waals surface area contributed by atoms with Crippen LogP contribution in [0.1, 0.15) is 10.4 Å². The Balaban J connectivity index is 1.56. The maximum atomic E-state index is 12.3. The second-order valence-electron chi connectivity index (χ2n) is 6.46. The van der Waals surface area contributed by atoms with E-state index in [9.17, 15) is 4.79 Å². The second-order valence-corrected chi connectivity index (χ2v) is 7.27. The summed E-state index contributed by atoms with van der Waals surface area (Å²) < 4.78 is 7.06. The number of hydrogen-bond acceptors (Lipinski definition) is 4. The molecule has 7 heteroatoms. The fourth-order valence-electron chi connectivity index (χ4n) is 3.05. The number of aromatic nitrogens is 2. The number of halogens is 2. The molecule has 30 heavy (non-hydrogen) atoms. The minimum absolute atomic E-state index is 0.114. The molecule has 4 rings (SSSR count). The van der Waals surface area contributed by atoms with Gasteiger partial charge in [0.15, 0.2) is 11.4 Å². The summed E-state index contributed by atoms with van der Waals surface area (Å²) in [6, 6.07) is 16.2. The number of rotatable bonds is 6. The SMILES string of the molecule is COc1ccc(C(=O)C=CNc2cccn3c(-c4ccc(Cl)c(Cl)c4)cnc23)cc1. The van der Waals surface area contributed by atoms with Crippen LogP contribution in [0.2, 0.25) is 10.0 Å². The predicted molar refractivity (Wildman–Crippen MR) is 121 cm³/mol. The van der Waals surface area contributed by atoms with Gasteiger partial charge in [0, 0.05) is 29.6 Å². The summed E-state index contributed by atoms with van der Waals surface area (Å²) in [6.45, 7) is 0. The molecule has 0 saturated heterocycles. The Morgan fingerprint density at radius 1 is 1.10 bits per heavy atom. The zero-order valence-electron chi connectivity index (χ0n) is 16.0. The minimum atomic E-state index is -0.114. The summed E-state index contributed by atoms with van der Waals surface area (Å²) in [7, 11) is 1.59. The number of benzene rings is 2. The van der Waals surface area contributed by atoms with Crippen molar-refractivity contribution in [2.45, 2.75) is 0 Å². The lowest BCUT2D eigenvalue weighted by Gasteiger charge is -2.06. The monoisotopic (exact) mass is 437 g/mol. The second kappa shape index (κ2) is 8.61. The number of anilines is 1. The number of allylic oxidation sites excluding steroid dienone is 1. The van der Waals surface area contributed by atoms with Crippen molar-refractivity contribution in [3.63, 3.8) is 0 Å². The molecule has 4 aromatic rings. The molecule has 0 spiro atoms. The van der Waals surface area contributed by atoms with E-state index >= 15 is 0 Å². The van der Waals surface area contributed by atoms with E-state index in [-0.39, 0.29) is 5.78 Å². The number of nitrogens with zero attached hydrogens (tertiary/aromatic N) is 2. The van der Waals surface area contributed by atoms with Gasteiger partial charge in [-0.15, -0.1) is 0 Å². The Kier molecular flexibility index (Phi) is 5.74. The quantitative estimate of drug-likeness (QED) is 0.291. The lowest BCUT2D eigenvalue weighted by Crippen LogP contribution is -1.98. The third-order valence-corrected chi connectivity index (χ3v) is 5.34. The van der Waals surface area contributed by atoms with Gasteiger partial charge in [-0.1, -0.05) is 29.3 Å². The van der Waals surface area contributed by atoms with Gasteiger partial charge in [0.25, 0.3) is 0 Å². The average molecular weight is 438 g/mol. The van der Waals surface area contributed by atoms with Crippen molar-refractivity contribution in [1.82, 2.24) is 9.38 Å². The number of imidazole rings is 1. The van der Waals surface area contributed by atoms with Gasteiger partial charge < -0.3 is 10.1 Å². The van der Waals surface area contributed by atoms with Crippen LogP contribution in [-0.2, 0) is 0 Å². The highest BCUT2D eigenvalue weighted by Crippen LogP contribution is 2.30. The van der Waals surface area contributed by atoms with E-state index in [1.807, 2.05) is 28.8 Å². The van der Waals surface area contributed by atoms with Gasteiger partial charge in [-0.25, -0.2) is 4.98 Å². The Bertz CT molecular complexity index is 1250. The number of carbonyl (C=O) groups excluding carboxylic acids is 1. The molecule has 0 aliphatic heterocycles. The lowest BCUT2D eigenvalue weighted by molar-refractivity contribution is 0.104. The highest BCUT2D eigenvalue weighted by molar-refractivity contribution is 6.42. The van der Waals surface area contributed by atoms with Gasteiger partial charge >= 0.3 is 0 Å². The van der Waals surface area contributed by atoms with Gasteiger partial charge in [-0.05, 0) is 48.5 Å². The molecule has 150 valence electrons. The van der Waals surface area contributed by atoms with Crippen LogP contribution < -0.4 is 10.1 Å². The van der Waals surface area contributed by atoms with Gasteiger partial charge in [0.05, 0.1) is 34.7 Å². The van der Waals surface area contributed by atoms with E-state index in [0.717, 1.165) is 22.6 Å². The Hall–Kier alpha value is -3.28. The molecular weight excluding hydrogens is 421 g/mol. The third-order valence-electron chi connectivity index (χ3n) is 4.60. The molecule has 2 aromatic carbocycles. The van der Waals surface area contributed by atoms with Crippen molar-refractivity contribution in [2.24, 2.45) is 0 Å². The molecule has 0 unspecified atom stereocenters. The van der Waals surface area contributed by atoms with Crippen LogP contribution in [0.3, 0.4) is 0 Å². The first-order valence-electron chi connectivity index (χ1n) is 9.10. The first-order chi connectivity index (χ1) is 14.6. The number of hydrogen-bond donors (Lipinski definition) is 1. The van der Waals surface area contributed by atoms with Gasteiger partial charge in [-0.3, -0.25) is 9.20 Å². The number of nitrogens with one attached hydrogen (secondary N) is 1. The van der Waals surface area contributed by atoms with Crippen molar-refractivity contribution in [1.29, 1.82) is 0 Å². The van der Waals surface area contributed by atoms with Gasteiger partial charge in [0.2, 0.25) is 0 Å².